The lowest BCUT2D eigenvalue weighted by Gasteiger charge is -2.18. The van der Waals surface area contributed by atoms with Gasteiger partial charge in [-0.2, -0.15) is 0 Å². The molecule has 2 N–H and O–H groups in total. The van der Waals surface area contributed by atoms with Gasteiger partial charge in [0, 0.05) is 23.9 Å². The van der Waals surface area contributed by atoms with Crippen molar-refractivity contribution in [1.82, 2.24) is 20.2 Å². The molecule has 3 aromatic carbocycles. The van der Waals surface area contributed by atoms with Gasteiger partial charge in [0.25, 0.3) is 5.91 Å². The Morgan fingerprint density at radius 1 is 0.931 bits per heavy atom. The van der Waals surface area contributed by atoms with Crippen molar-refractivity contribution in [3.8, 4) is 5.75 Å². The number of nitrogens with zero attached hydrogens (tertiary/aromatic N) is 3. The molecule has 0 unspecified atom stereocenters. The summed E-state index contributed by atoms with van der Waals surface area (Å²) in [7, 11) is 0. The van der Waals surface area contributed by atoms with Crippen molar-refractivity contribution in [3.63, 3.8) is 0 Å². The molecule has 0 spiro atoms. The van der Waals surface area contributed by atoms with Gasteiger partial charge in [0.2, 0.25) is 0 Å². The Hall–Kier alpha value is -3.25. The van der Waals surface area contributed by atoms with Crippen LogP contribution in [-0.4, -0.2) is 52.1 Å². The number of amides is 1. The second-order valence-electron chi connectivity index (χ2n) is 6.96. The molecular formula is C23H24N4O2. The Bertz CT molecular complexity index is 1200. The zero-order chi connectivity index (χ0) is 20.4. The Labute approximate surface area is 169 Å². The van der Waals surface area contributed by atoms with Crippen molar-refractivity contribution >= 4 is 38.7 Å². The van der Waals surface area contributed by atoms with Crippen LogP contribution in [0.2, 0.25) is 0 Å². The van der Waals surface area contributed by atoms with E-state index in [1.165, 1.54) is 0 Å². The molecule has 4 aromatic rings. The minimum absolute atomic E-state index is 0.0574. The number of carbonyl (C=O) groups excluding carboxylic acids is 1. The standard InChI is InChI=1S/C23H24N4O2/c1-3-27(4-2)14-13-24-23(29)19-21-20(15-9-5-6-10-16(15)22(19)28)25-17-11-7-8-12-18(17)26-21/h5-12,28H,3-4,13-14H2,1-2H3,(H,24,29). The van der Waals surface area contributed by atoms with Crippen LogP contribution < -0.4 is 5.32 Å². The first-order valence-corrected chi connectivity index (χ1v) is 9.94. The van der Waals surface area contributed by atoms with Gasteiger partial charge in [0.05, 0.1) is 16.6 Å². The first kappa shape index (κ1) is 19.1. The second kappa shape index (κ2) is 8.01. The zero-order valence-electron chi connectivity index (χ0n) is 16.6. The smallest absolute Gasteiger partial charge is 0.257 e. The van der Waals surface area contributed by atoms with Crippen LogP contribution in [0.5, 0.6) is 5.75 Å². The molecule has 0 radical (unpaired) electrons. The van der Waals surface area contributed by atoms with Gasteiger partial charge in [0.1, 0.15) is 16.8 Å². The van der Waals surface area contributed by atoms with Crippen molar-refractivity contribution in [2.45, 2.75) is 13.8 Å². The number of nitrogens with one attached hydrogen (secondary N) is 1. The van der Waals surface area contributed by atoms with Crippen LogP contribution in [0.3, 0.4) is 0 Å². The number of hydrogen-bond acceptors (Lipinski definition) is 5. The number of likely N-dealkylation sites (N-methyl/N-ethyl adjacent to an activating group) is 1. The SMILES string of the molecule is CCN(CC)CCNC(=O)c1c(O)c2ccccc2c2nc3ccccc3nc12. The van der Waals surface area contributed by atoms with E-state index in [1.807, 2.05) is 42.5 Å². The zero-order valence-corrected chi connectivity index (χ0v) is 16.6. The minimum atomic E-state index is -0.338. The molecule has 0 saturated carbocycles. The highest BCUT2D eigenvalue weighted by Crippen LogP contribution is 2.36. The Balaban J connectivity index is 1.86. The number of aromatic hydroxyl groups is 1. The highest BCUT2D eigenvalue weighted by Gasteiger charge is 2.22. The van der Waals surface area contributed by atoms with E-state index in [2.05, 4.69) is 24.1 Å². The van der Waals surface area contributed by atoms with Crippen LogP contribution >= 0.6 is 0 Å². The molecule has 0 bridgehead atoms. The molecule has 29 heavy (non-hydrogen) atoms. The Morgan fingerprint density at radius 3 is 2.17 bits per heavy atom. The van der Waals surface area contributed by atoms with Crippen LogP contribution in [0.25, 0.3) is 32.8 Å². The summed E-state index contributed by atoms with van der Waals surface area (Å²) < 4.78 is 0. The molecule has 0 aliphatic heterocycles. The van der Waals surface area contributed by atoms with Crippen LogP contribution in [0.4, 0.5) is 0 Å². The number of carbonyl (C=O) groups is 1. The van der Waals surface area contributed by atoms with E-state index in [0.29, 0.717) is 28.5 Å². The summed E-state index contributed by atoms with van der Waals surface area (Å²) in [6.07, 6.45) is 0. The average Bonchev–Trinajstić information content (AvgIpc) is 2.76. The average molecular weight is 388 g/mol. The highest BCUT2D eigenvalue weighted by atomic mass is 16.3. The summed E-state index contributed by atoms with van der Waals surface area (Å²) in [6.45, 7) is 7.28. The van der Waals surface area contributed by atoms with Gasteiger partial charge in [-0.3, -0.25) is 4.79 Å². The molecule has 6 heteroatoms. The third-order valence-electron chi connectivity index (χ3n) is 5.32. The van der Waals surface area contributed by atoms with Crippen LogP contribution in [-0.2, 0) is 0 Å². The number of phenolic OH excluding ortho intramolecular Hbond substituents is 1. The van der Waals surface area contributed by atoms with Crippen LogP contribution in [0.15, 0.2) is 48.5 Å². The second-order valence-corrected chi connectivity index (χ2v) is 6.96. The maximum Gasteiger partial charge on any atom is 0.257 e. The molecule has 0 aliphatic carbocycles. The molecule has 0 atom stereocenters. The third kappa shape index (κ3) is 3.47. The fourth-order valence-electron chi connectivity index (χ4n) is 3.68. The van der Waals surface area contributed by atoms with E-state index < -0.39 is 0 Å². The summed E-state index contributed by atoms with van der Waals surface area (Å²) in [5.74, 6) is -0.395. The molecule has 1 heterocycles. The van der Waals surface area contributed by atoms with Gasteiger partial charge in [-0.05, 0) is 25.2 Å². The number of phenols is 1. The number of benzene rings is 3. The van der Waals surface area contributed by atoms with E-state index in [4.69, 9.17) is 9.97 Å². The normalized spacial score (nSPS) is 11.6. The van der Waals surface area contributed by atoms with Gasteiger partial charge < -0.3 is 15.3 Å². The maximum absolute atomic E-state index is 13.1. The minimum Gasteiger partial charge on any atom is -0.506 e. The lowest BCUT2D eigenvalue weighted by atomic mass is 10.0. The van der Waals surface area contributed by atoms with E-state index >= 15 is 0 Å². The van der Waals surface area contributed by atoms with E-state index in [1.54, 1.807) is 6.07 Å². The maximum atomic E-state index is 13.1. The predicted molar refractivity (Wildman–Crippen MR) is 116 cm³/mol. The van der Waals surface area contributed by atoms with E-state index in [0.717, 1.165) is 30.5 Å². The van der Waals surface area contributed by atoms with Gasteiger partial charge in [-0.25, -0.2) is 9.97 Å². The molecule has 1 amide bonds. The van der Waals surface area contributed by atoms with Gasteiger partial charge in [-0.1, -0.05) is 50.2 Å². The quantitative estimate of drug-likeness (QED) is 0.389. The lowest BCUT2D eigenvalue weighted by molar-refractivity contribution is 0.0948. The summed E-state index contributed by atoms with van der Waals surface area (Å²) in [6, 6.07) is 15.0. The first-order valence-electron chi connectivity index (χ1n) is 9.94. The molecule has 4 rings (SSSR count). The number of aromatic nitrogens is 2. The van der Waals surface area contributed by atoms with Crippen LogP contribution in [0.1, 0.15) is 24.2 Å². The monoisotopic (exact) mass is 388 g/mol. The molecule has 1 aromatic heterocycles. The van der Waals surface area contributed by atoms with Crippen LogP contribution in [0, 0.1) is 0 Å². The fraction of sp³-hybridized carbons (Fsp3) is 0.261. The molecular weight excluding hydrogens is 364 g/mol. The highest BCUT2D eigenvalue weighted by molar-refractivity contribution is 6.19. The van der Waals surface area contributed by atoms with Crippen molar-refractivity contribution in [1.29, 1.82) is 0 Å². The number of para-hydroxylation sites is 2. The Kier molecular flexibility index (Phi) is 5.27. The molecule has 0 aliphatic rings. The molecule has 148 valence electrons. The molecule has 0 fully saturated rings. The number of fused-ring (bicyclic) bond motifs is 4. The summed E-state index contributed by atoms with van der Waals surface area (Å²) in [5.41, 5.74) is 2.65. The largest absolute Gasteiger partial charge is 0.506 e. The molecule has 6 nitrogen and oxygen atoms in total. The van der Waals surface area contributed by atoms with Gasteiger partial charge in [0.15, 0.2) is 0 Å². The van der Waals surface area contributed by atoms with E-state index in [-0.39, 0.29) is 17.2 Å². The summed E-state index contributed by atoms with van der Waals surface area (Å²) in [4.78, 5) is 24.7. The van der Waals surface area contributed by atoms with Crippen molar-refractivity contribution in [3.05, 3.63) is 54.1 Å². The van der Waals surface area contributed by atoms with Crippen molar-refractivity contribution in [2.75, 3.05) is 26.2 Å². The lowest BCUT2D eigenvalue weighted by Crippen LogP contribution is -2.35. The number of hydrogen-bond donors (Lipinski definition) is 2. The number of rotatable bonds is 6. The fourth-order valence-corrected chi connectivity index (χ4v) is 3.68. The van der Waals surface area contributed by atoms with Gasteiger partial charge >= 0.3 is 0 Å². The topological polar surface area (TPSA) is 78.4 Å². The third-order valence-corrected chi connectivity index (χ3v) is 5.32. The summed E-state index contributed by atoms with van der Waals surface area (Å²) >= 11 is 0. The summed E-state index contributed by atoms with van der Waals surface area (Å²) in [5, 5.41) is 15.3. The van der Waals surface area contributed by atoms with Crippen molar-refractivity contribution < 1.29 is 9.90 Å². The first-order chi connectivity index (χ1) is 14.1. The predicted octanol–water partition coefficient (Wildman–Crippen LogP) is 3.71. The molecule has 0 saturated heterocycles. The Morgan fingerprint density at radius 2 is 1.52 bits per heavy atom. The van der Waals surface area contributed by atoms with Gasteiger partial charge in [-0.15, -0.1) is 0 Å². The van der Waals surface area contributed by atoms with Crippen molar-refractivity contribution in [2.24, 2.45) is 0 Å². The van der Waals surface area contributed by atoms with E-state index in [9.17, 15) is 9.90 Å².